The van der Waals surface area contributed by atoms with Crippen LogP contribution in [0.25, 0.3) is 5.65 Å². The number of aromatic nitrogens is 3. The normalized spacial score (nSPS) is 18.0. The number of hydrogen-bond acceptors (Lipinski definition) is 10. The van der Waals surface area contributed by atoms with Crippen molar-refractivity contribution < 1.29 is 23.1 Å². The number of amides is 1. The molecule has 5 rings (SSSR count). The number of aliphatic hydroxyl groups excluding tert-OH is 1. The van der Waals surface area contributed by atoms with Crippen molar-refractivity contribution in [3.8, 4) is 0 Å². The van der Waals surface area contributed by atoms with Gasteiger partial charge < -0.3 is 24.5 Å². The molecule has 12 nitrogen and oxygen atoms in total. The van der Waals surface area contributed by atoms with Gasteiger partial charge in [-0.15, -0.1) is 0 Å². The van der Waals surface area contributed by atoms with Gasteiger partial charge in [-0.3, -0.25) is 9.52 Å². The van der Waals surface area contributed by atoms with Gasteiger partial charge in [-0.25, -0.2) is 13.4 Å². The van der Waals surface area contributed by atoms with E-state index in [1.807, 2.05) is 21.5 Å². The fraction of sp³-hybridized carbons (Fsp3) is 0.519. The van der Waals surface area contributed by atoms with E-state index in [2.05, 4.69) is 22.3 Å². The Kier molecular flexibility index (Phi) is 9.67. The number of carbonyl (C=O) groups excluding carboxylic acids is 1. The van der Waals surface area contributed by atoms with Crippen LogP contribution >= 0.6 is 24.2 Å². The summed E-state index contributed by atoms with van der Waals surface area (Å²) < 4.78 is 33.9. The number of hydrogen-bond donors (Lipinski definition) is 3. The highest BCUT2D eigenvalue weighted by molar-refractivity contribution is 7.92. The lowest BCUT2D eigenvalue weighted by molar-refractivity contribution is 0.0607. The predicted molar refractivity (Wildman–Crippen MR) is 166 cm³/mol. The van der Waals surface area contributed by atoms with Crippen LogP contribution < -0.4 is 14.5 Å². The molecule has 1 atom stereocenters. The summed E-state index contributed by atoms with van der Waals surface area (Å²) in [5.41, 5.74) is 1.71. The van der Waals surface area contributed by atoms with Gasteiger partial charge in [-0.1, -0.05) is 11.6 Å². The van der Waals surface area contributed by atoms with Crippen LogP contribution in [0.4, 0.5) is 17.3 Å². The third-order valence-corrected chi connectivity index (χ3v) is 8.61. The van der Waals surface area contributed by atoms with Crippen LogP contribution in [0.3, 0.4) is 0 Å². The highest BCUT2D eigenvalue weighted by Gasteiger charge is 2.33. The predicted octanol–water partition coefficient (Wildman–Crippen LogP) is 3.03. The maximum absolute atomic E-state index is 14.0. The van der Waals surface area contributed by atoms with E-state index in [1.165, 1.54) is 12.1 Å². The molecule has 0 bridgehead atoms. The number of sulfonamides is 1. The number of likely N-dealkylation sites (tertiary alicyclic amines) is 1. The number of fused-ring (bicyclic) bond motifs is 1. The number of anilines is 3. The molecule has 0 spiro atoms. The van der Waals surface area contributed by atoms with E-state index in [0.717, 1.165) is 30.7 Å². The molecule has 1 aromatic carbocycles. The molecular weight excluding hydrogens is 602 g/mol. The molecule has 2 aromatic heterocycles. The van der Waals surface area contributed by atoms with Crippen molar-refractivity contribution in [2.45, 2.75) is 31.7 Å². The van der Waals surface area contributed by atoms with Gasteiger partial charge in [0, 0.05) is 49.9 Å². The summed E-state index contributed by atoms with van der Waals surface area (Å²) in [6, 6.07) is 8.11. The van der Waals surface area contributed by atoms with Crippen molar-refractivity contribution in [1.29, 1.82) is 0 Å². The minimum absolute atomic E-state index is 0.0687. The van der Waals surface area contributed by atoms with E-state index < -0.39 is 10.0 Å². The van der Waals surface area contributed by atoms with Crippen molar-refractivity contribution in [3.05, 3.63) is 46.6 Å². The molecule has 2 saturated heterocycles. The van der Waals surface area contributed by atoms with E-state index in [-0.39, 0.29) is 29.8 Å². The molecule has 228 valence electrons. The minimum Gasteiger partial charge on any atom is -0.396 e. The number of nitrogens with zero attached hydrogens (tertiary/aromatic N) is 6. The molecule has 1 amide bonds. The number of aliphatic hydroxyl groups is 1. The molecule has 0 saturated carbocycles. The first-order chi connectivity index (χ1) is 20.2. The molecule has 15 heteroatoms. The number of rotatable bonds is 10. The van der Waals surface area contributed by atoms with E-state index in [4.69, 9.17) is 26.4 Å². The van der Waals surface area contributed by atoms with E-state index >= 15 is 0 Å². The number of ether oxygens (including phenoxy) is 1. The average Bonchev–Trinajstić information content (AvgIpc) is 3.42. The van der Waals surface area contributed by atoms with Crippen molar-refractivity contribution in [3.63, 3.8) is 0 Å². The molecule has 0 unspecified atom stereocenters. The number of benzene rings is 1. The van der Waals surface area contributed by atoms with Crippen LogP contribution in [0.2, 0.25) is 5.02 Å². The van der Waals surface area contributed by atoms with Gasteiger partial charge in [0.1, 0.15) is 11.6 Å². The molecular formula is C27H36ClN7O5S2. The second kappa shape index (κ2) is 13.2. The van der Waals surface area contributed by atoms with Gasteiger partial charge >= 0.3 is 0 Å². The molecule has 4 heterocycles. The number of carbonyl (C=O) groups is 1. The Morgan fingerprint density at radius 2 is 2.00 bits per heavy atom. The SMILES string of the molecule is CS(=O)(=O)Nc1ccc(Cl)cc1C(=O)N1CCCC[C@H]1c1cc2nc(N(CS)CCCO)cc(N3CCOCC3)n2n1. The number of thiol groups is 1. The first kappa shape index (κ1) is 30.7. The van der Waals surface area contributed by atoms with Crippen molar-refractivity contribution in [1.82, 2.24) is 19.5 Å². The Bertz CT molecular complexity index is 1530. The zero-order valence-corrected chi connectivity index (χ0v) is 25.9. The summed E-state index contributed by atoms with van der Waals surface area (Å²) in [7, 11) is -3.62. The van der Waals surface area contributed by atoms with Crippen LogP contribution in [-0.4, -0.2) is 97.1 Å². The van der Waals surface area contributed by atoms with Crippen molar-refractivity contribution in [2.75, 3.05) is 72.7 Å². The fourth-order valence-corrected chi connectivity index (χ4v) is 6.48. The lowest BCUT2D eigenvalue weighted by Crippen LogP contribution is -2.39. The van der Waals surface area contributed by atoms with Crippen LogP contribution in [0.15, 0.2) is 30.3 Å². The van der Waals surface area contributed by atoms with Gasteiger partial charge in [0.2, 0.25) is 10.0 Å². The van der Waals surface area contributed by atoms with E-state index in [9.17, 15) is 18.3 Å². The summed E-state index contributed by atoms with van der Waals surface area (Å²) in [6.45, 7) is 3.76. The van der Waals surface area contributed by atoms with Gasteiger partial charge in [0.25, 0.3) is 5.91 Å². The summed E-state index contributed by atoms with van der Waals surface area (Å²) in [4.78, 5) is 24.8. The highest BCUT2D eigenvalue weighted by Crippen LogP contribution is 2.35. The van der Waals surface area contributed by atoms with Gasteiger partial charge in [-0.05, 0) is 43.9 Å². The smallest absolute Gasteiger partial charge is 0.256 e. The third kappa shape index (κ3) is 6.88. The Hall–Kier alpha value is -2.78. The molecule has 2 aliphatic rings. The summed E-state index contributed by atoms with van der Waals surface area (Å²) in [5.74, 6) is 1.70. The zero-order valence-electron chi connectivity index (χ0n) is 23.4. The lowest BCUT2D eigenvalue weighted by Gasteiger charge is -2.35. The first-order valence-electron chi connectivity index (χ1n) is 14.0. The summed E-state index contributed by atoms with van der Waals surface area (Å²) in [6.07, 6.45) is 4.06. The molecule has 2 aliphatic heterocycles. The van der Waals surface area contributed by atoms with Crippen LogP contribution in [-0.2, 0) is 14.8 Å². The average molecular weight is 638 g/mol. The molecule has 2 fully saturated rings. The molecule has 2 N–H and O–H groups in total. The van der Waals surface area contributed by atoms with Gasteiger partial charge in [0.15, 0.2) is 5.65 Å². The van der Waals surface area contributed by atoms with E-state index in [1.54, 1.807) is 11.0 Å². The second-order valence-corrected chi connectivity index (χ2v) is 12.9. The summed E-state index contributed by atoms with van der Waals surface area (Å²) >= 11 is 10.8. The molecule has 0 aliphatic carbocycles. The van der Waals surface area contributed by atoms with Crippen molar-refractivity contribution in [2.24, 2.45) is 0 Å². The zero-order chi connectivity index (χ0) is 29.9. The Morgan fingerprint density at radius 1 is 1.21 bits per heavy atom. The largest absolute Gasteiger partial charge is 0.396 e. The molecule has 0 radical (unpaired) electrons. The van der Waals surface area contributed by atoms with Crippen molar-refractivity contribution >= 4 is 63.1 Å². The number of morpholine rings is 1. The fourth-order valence-electron chi connectivity index (χ4n) is 5.44. The Balaban J connectivity index is 1.55. The van der Waals surface area contributed by atoms with Crippen LogP contribution in [0.5, 0.6) is 0 Å². The number of halogens is 1. The number of nitrogens with one attached hydrogen (secondary N) is 1. The first-order valence-corrected chi connectivity index (χ1v) is 16.9. The minimum atomic E-state index is -3.62. The third-order valence-electron chi connectivity index (χ3n) is 7.44. The lowest BCUT2D eigenvalue weighted by atomic mass is 9.98. The Labute approximate surface area is 256 Å². The summed E-state index contributed by atoms with van der Waals surface area (Å²) in [5, 5.41) is 14.7. The molecule has 42 heavy (non-hydrogen) atoms. The van der Waals surface area contributed by atoms with E-state index in [0.29, 0.717) is 74.5 Å². The maximum atomic E-state index is 14.0. The second-order valence-electron chi connectivity index (χ2n) is 10.5. The molecule has 3 aromatic rings. The van der Waals surface area contributed by atoms with Gasteiger partial charge in [0.05, 0.1) is 48.3 Å². The topological polar surface area (TPSA) is 133 Å². The monoisotopic (exact) mass is 637 g/mol. The van der Waals surface area contributed by atoms with Gasteiger partial charge in [-0.2, -0.15) is 22.2 Å². The van der Waals surface area contributed by atoms with Crippen LogP contribution in [0, 0.1) is 0 Å². The maximum Gasteiger partial charge on any atom is 0.256 e. The standard InChI is InChI=1S/C27H36ClN7O5S2/c1-42(38,39)31-21-7-6-19(28)15-20(21)27(37)34-9-3-2-5-23(34)22-16-25-29-24(33(18-41)8-4-12-36)17-26(35(25)30-22)32-10-13-40-14-11-32/h6-7,15-17,23,31,36,41H,2-5,8-14,18H2,1H3/t23-/m0/s1. The quantitative estimate of drug-likeness (QED) is 0.227. The Morgan fingerprint density at radius 3 is 2.71 bits per heavy atom. The highest BCUT2D eigenvalue weighted by atomic mass is 35.5. The number of piperidine rings is 1. The van der Waals surface area contributed by atoms with Crippen LogP contribution in [0.1, 0.15) is 47.8 Å².